The molecule has 0 aliphatic carbocycles. The molecule has 0 atom stereocenters. The number of methoxy groups -OCH3 is 1. The zero-order valence-corrected chi connectivity index (χ0v) is 16.0. The summed E-state index contributed by atoms with van der Waals surface area (Å²) in [5.74, 6) is -0.700. The van der Waals surface area contributed by atoms with Gasteiger partial charge in [-0.2, -0.15) is 5.10 Å². The SMILES string of the molecule is COc1ccc2c(OCCn3nc(-c4cccc(F)c4F)ccc3=O)ccnc2c1. The van der Waals surface area contributed by atoms with Gasteiger partial charge < -0.3 is 9.47 Å². The van der Waals surface area contributed by atoms with Crippen molar-refractivity contribution in [3.63, 3.8) is 0 Å². The summed E-state index contributed by atoms with van der Waals surface area (Å²) in [7, 11) is 1.58. The van der Waals surface area contributed by atoms with E-state index in [1.807, 2.05) is 6.07 Å². The molecule has 0 saturated carbocycles. The predicted octanol–water partition coefficient (Wildman–Crippen LogP) is 3.82. The highest BCUT2D eigenvalue weighted by Gasteiger charge is 2.12. The maximum Gasteiger partial charge on any atom is 0.266 e. The molecule has 152 valence electrons. The molecule has 2 aromatic carbocycles. The van der Waals surface area contributed by atoms with E-state index >= 15 is 0 Å². The Morgan fingerprint density at radius 3 is 2.77 bits per heavy atom. The van der Waals surface area contributed by atoms with Gasteiger partial charge in [-0.25, -0.2) is 13.5 Å². The van der Waals surface area contributed by atoms with Crippen molar-refractivity contribution >= 4 is 10.9 Å². The summed E-state index contributed by atoms with van der Waals surface area (Å²) in [6, 6.07) is 13.6. The lowest BCUT2D eigenvalue weighted by molar-refractivity contribution is 0.291. The molecular formula is C22H17F2N3O3. The van der Waals surface area contributed by atoms with Gasteiger partial charge in [-0.15, -0.1) is 0 Å². The second-order valence-electron chi connectivity index (χ2n) is 6.42. The first-order valence-corrected chi connectivity index (χ1v) is 9.15. The quantitative estimate of drug-likeness (QED) is 0.484. The molecule has 0 unspecified atom stereocenters. The third-order valence-electron chi connectivity index (χ3n) is 4.56. The lowest BCUT2D eigenvalue weighted by atomic mass is 10.1. The van der Waals surface area contributed by atoms with Crippen molar-refractivity contribution in [1.82, 2.24) is 14.8 Å². The minimum absolute atomic E-state index is 0.0151. The van der Waals surface area contributed by atoms with Crippen LogP contribution in [0.1, 0.15) is 0 Å². The van der Waals surface area contributed by atoms with Crippen LogP contribution in [0.4, 0.5) is 8.78 Å². The first-order valence-electron chi connectivity index (χ1n) is 9.15. The van der Waals surface area contributed by atoms with E-state index in [9.17, 15) is 13.6 Å². The summed E-state index contributed by atoms with van der Waals surface area (Å²) in [6.07, 6.45) is 1.62. The van der Waals surface area contributed by atoms with E-state index in [2.05, 4.69) is 10.1 Å². The molecule has 6 nitrogen and oxygen atoms in total. The van der Waals surface area contributed by atoms with Crippen LogP contribution in [-0.2, 0) is 6.54 Å². The summed E-state index contributed by atoms with van der Waals surface area (Å²) in [5, 5.41) is 4.95. The largest absolute Gasteiger partial charge is 0.497 e. The van der Waals surface area contributed by atoms with E-state index in [4.69, 9.17) is 9.47 Å². The van der Waals surface area contributed by atoms with Gasteiger partial charge in [0.15, 0.2) is 11.6 Å². The molecule has 8 heteroatoms. The molecule has 2 heterocycles. The Balaban J connectivity index is 1.54. The van der Waals surface area contributed by atoms with Crippen LogP contribution in [0.5, 0.6) is 11.5 Å². The Kier molecular flexibility index (Phi) is 5.38. The van der Waals surface area contributed by atoms with Crippen molar-refractivity contribution in [2.45, 2.75) is 6.54 Å². The monoisotopic (exact) mass is 409 g/mol. The summed E-state index contributed by atoms with van der Waals surface area (Å²) >= 11 is 0. The smallest absolute Gasteiger partial charge is 0.266 e. The van der Waals surface area contributed by atoms with Gasteiger partial charge in [0.05, 0.1) is 24.9 Å². The number of hydrogen-bond donors (Lipinski definition) is 0. The lowest BCUT2D eigenvalue weighted by Gasteiger charge is -2.11. The van der Waals surface area contributed by atoms with Crippen LogP contribution in [0.15, 0.2) is 65.6 Å². The third-order valence-corrected chi connectivity index (χ3v) is 4.56. The van der Waals surface area contributed by atoms with Crippen LogP contribution in [0.2, 0.25) is 0 Å². The van der Waals surface area contributed by atoms with Crippen LogP contribution in [0, 0.1) is 11.6 Å². The maximum absolute atomic E-state index is 14.1. The third kappa shape index (κ3) is 3.84. The topological polar surface area (TPSA) is 66.2 Å². The van der Waals surface area contributed by atoms with Gasteiger partial charge in [0.25, 0.3) is 5.56 Å². The van der Waals surface area contributed by atoms with E-state index < -0.39 is 11.6 Å². The molecule has 0 saturated heterocycles. The van der Waals surface area contributed by atoms with Gasteiger partial charge in [-0.3, -0.25) is 9.78 Å². The van der Waals surface area contributed by atoms with Crippen LogP contribution < -0.4 is 15.0 Å². The summed E-state index contributed by atoms with van der Waals surface area (Å²) in [4.78, 5) is 16.4. The van der Waals surface area contributed by atoms with Crippen molar-refractivity contribution in [1.29, 1.82) is 0 Å². The van der Waals surface area contributed by atoms with Crippen molar-refractivity contribution in [3.05, 3.63) is 82.8 Å². The second-order valence-corrected chi connectivity index (χ2v) is 6.42. The molecule has 0 N–H and O–H groups in total. The Morgan fingerprint density at radius 1 is 1.07 bits per heavy atom. The highest BCUT2D eigenvalue weighted by atomic mass is 19.2. The average Bonchev–Trinajstić information content (AvgIpc) is 2.76. The van der Waals surface area contributed by atoms with E-state index in [1.165, 1.54) is 24.3 Å². The fourth-order valence-corrected chi connectivity index (χ4v) is 3.05. The number of rotatable bonds is 6. The fraction of sp³-hybridized carbons (Fsp3) is 0.136. The summed E-state index contributed by atoms with van der Waals surface area (Å²) < 4.78 is 39.7. The minimum atomic E-state index is -1.01. The number of ether oxygens (including phenoxy) is 2. The average molecular weight is 409 g/mol. The minimum Gasteiger partial charge on any atom is -0.497 e. The van der Waals surface area contributed by atoms with Gasteiger partial charge in [0.1, 0.15) is 18.1 Å². The maximum atomic E-state index is 14.1. The number of benzene rings is 2. The number of aromatic nitrogens is 3. The number of pyridine rings is 1. The van der Waals surface area contributed by atoms with Crippen LogP contribution >= 0.6 is 0 Å². The van der Waals surface area contributed by atoms with E-state index in [0.29, 0.717) is 17.0 Å². The van der Waals surface area contributed by atoms with Crippen LogP contribution in [0.25, 0.3) is 22.2 Å². The Labute approximate surface area is 170 Å². The Bertz CT molecular complexity index is 1270. The number of nitrogens with zero attached hydrogens (tertiary/aromatic N) is 3. The molecule has 30 heavy (non-hydrogen) atoms. The van der Waals surface area contributed by atoms with E-state index in [-0.39, 0.29) is 30.0 Å². The van der Waals surface area contributed by atoms with E-state index in [1.54, 1.807) is 31.5 Å². The van der Waals surface area contributed by atoms with Gasteiger partial charge in [-0.05, 0) is 36.4 Å². The van der Waals surface area contributed by atoms with Gasteiger partial charge >= 0.3 is 0 Å². The molecule has 4 aromatic rings. The second kappa shape index (κ2) is 8.28. The molecule has 0 radical (unpaired) electrons. The lowest BCUT2D eigenvalue weighted by Crippen LogP contribution is -2.25. The molecule has 4 rings (SSSR count). The normalized spacial score (nSPS) is 10.9. The first-order chi connectivity index (χ1) is 14.6. The van der Waals surface area contributed by atoms with Gasteiger partial charge in [-0.1, -0.05) is 6.07 Å². The zero-order chi connectivity index (χ0) is 21.1. The first kappa shape index (κ1) is 19.5. The van der Waals surface area contributed by atoms with E-state index in [0.717, 1.165) is 16.1 Å². The van der Waals surface area contributed by atoms with Gasteiger partial charge in [0.2, 0.25) is 0 Å². The Morgan fingerprint density at radius 2 is 1.93 bits per heavy atom. The molecule has 2 aromatic heterocycles. The van der Waals surface area contributed by atoms with Crippen LogP contribution in [0.3, 0.4) is 0 Å². The predicted molar refractivity (Wildman–Crippen MR) is 108 cm³/mol. The highest BCUT2D eigenvalue weighted by molar-refractivity contribution is 5.85. The van der Waals surface area contributed by atoms with Crippen molar-refractivity contribution in [2.24, 2.45) is 0 Å². The standard InChI is InChI=1S/C22H17F2N3O3/c1-29-14-5-6-15-19(13-14)25-10-9-20(15)30-12-11-27-21(28)8-7-18(26-27)16-3-2-4-17(23)22(16)24/h2-10,13H,11-12H2,1H3. The molecule has 0 aliphatic rings. The number of halogens is 2. The van der Waals surface area contributed by atoms with Gasteiger partial charge in [0, 0.05) is 29.3 Å². The molecule has 0 spiro atoms. The van der Waals surface area contributed by atoms with Crippen molar-refractivity contribution in [3.8, 4) is 22.8 Å². The molecule has 0 fully saturated rings. The summed E-state index contributed by atoms with van der Waals surface area (Å²) in [6.45, 7) is 0.275. The molecule has 0 amide bonds. The molecule has 0 bridgehead atoms. The molecular weight excluding hydrogens is 392 g/mol. The number of hydrogen-bond acceptors (Lipinski definition) is 5. The van der Waals surface area contributed by atoms with Crippen molar-refractivity contribution < 1.29 is 18.3 Å². The van der Waals surface area contributed by atoms with Crippen molar-refractivity contribution in [2.75, 3.05) is 13.7 Å². The fourth-order valence-electron chi connectivity index (χ4n) is 3.05. The zero-order valence-electron chi connectivity index (χ0n) is 16.0. The Hall–Kier alpha value is -3.81. The highest BCUT2D eigenvalue weighted by Crippen LogP contribution is 2.27. The molecule has 0 aliphatic heterocycles. The van der Waals surface area contributed by atoms with Crippen LogP contribution in [-0.4, -0.2) is 28.5 Å². The number of fused-ring (bicyclic) bond motifs is 1. The summed E-state index contributed by atoms with van der Waals surface area (Å²) in [5.41, 5.74) is 0.487.